The fourth-order valence-electron chi connectivity index (χ4n) is 2.52. The van der Waals surface area contributed by atoms with Crippen molar-refractivity contribution in [2.45, 2.75) is 6.10 Å². The lowest BCUT2D eigenvalue weighted by Gasteiger charge is -2.23. The number of ether oxygens (including phenoxy) is 2. The topological polar surface area (TPSA) is 84.2 Å². The Bertz CT molecular complexity index is 764. The Labute approximate surface area is 140 Å². The molecule has 1 unspecified atom stereocenters. The maximum absolute atomic E-state index is 12.3. The van der Waals surface area contributed by atoms with Gasteiger partial charge in [-0.1, -0.05) is 12.1 Å². The predicted octanol–water partition coefficient (Wildman–Crippen LogP) is 1.77. The van der Waals surface area contributed by atoms with Crippen molar-refractivity contribution in [2.75, 3.05) is 26.4 Å². The molecule has 1 atom stereocenters. The molecular weight excluding hydrogens is 306 g/mol. The lowest BCUT2D eigenvalue weighted by Crippen LogP contribution is -2.39. The second-order valence-corrected chi connectivity index (χ2v) is 5.37. The van der Waals surface area contributed by atoms with Crippen LogP contribution >= 0.6 is 0 Å². The van der Waals surface area contributed by atoms with E-state index in [2.05, 4.69) is 16.4 Å². The van der Waals surface area contributed by atoms with Crippen molar-refractivity contribution >= 4 is 5.91 Å². The molecule has 122 valence electrons. The maximum atomic E-state index is 12.3. The fraction of sp³-hybridized carbons (Fsp3) is 0.278. The summed E-state index contributed by atoms with van der Waals surface area (Å²) < 4.78 is 10.8. The number of rotatable bonds is 4. The number of benzene rings is 1. The zero-order chi connectivity index (χ0) is 16.8. The van der Waals surface area contributed by atoms with Crippen LogP contribution in [0.5, 0.6) is 0 Å². The minimum atomic E-state index is -0.187. The van der Waals surface area contributed by atoms with E-state index in [1.54, 1.807) is 30.5 Å². The van der Waals surface area contributed by atoms with E-state index in [1.807, 2.05) is 12.1 Å². The summed E-state index contributed by atoms with van der Waals surface area (Å²) in [7, 11) is 0. The minimum absolute atomic E-state index is 0.116. The monoisotopic (exact) mass is 323 g/mol. The molecule has 1 aromatic heterocycles. The summed E-state index contributed by atoms with van der Waals surface area (Å²) in [5.74, 6) is -0.187. The van der Waals surface area contributed by atoms with Gasteiger partial charge >= 0.3 is 0 Å². The Balaban J connectivity index is 1.73. The lowest BCUT2D eigenvalue weighted by atomic mass is 10.0. The molecule has 1 aromatic carbocycles. The minimum Gasteiger partial charge on any atom is -0.376 e. The van der Waals surface area contributed by atoms with Gasteiger partial charge < -0.3 is 14.8 Å². The van der Waals surface area contributed by atoms with Gasteiger partial charge in [0.25, 0.3) is 5.91 Å². The van der Waals surface area contributed by atoms with E-state index in [4.69, 9.17) is 14.7 Å². The van der Waals surface area contributed by atoms with Gasteiger partial charge in [0.05, 0.1) is 25.9 Å². The first-order chi connectivity index (χ1) is 11.8. The molecule has 6 heteroatoms. The third-order valence-corrected chi connectivity index (χ3v) is 3.72. The van der Waals surface area contributed by atoms with E-state index in [0.717, 1.165) is 5.56 Å². The molecule has 0 aliphatic carbocycles. The van der Waals surface area contributed by atoms with Gasteiger partial charge in [0, 0.05) is 23.9 Å². The van der Waals surface area contributed by atoms with Crippen LogP contribution in [-0.4, -0.2) is 43.4 Å². The first-order valence-corrected chi connectivity index (χ1v) is 7.71. The molecule has 2 aromatic rings. The molecule has 1 aliphatic rings. The van der Waals surface area contributed by atoms with Gasteiger partial charge in [0.15, 0.2) is 0 Å². The van der Waals surface area contributed by atoms with E-state index in [1.165, 1.54) is 0 Å². The highest BCUT2D eigenvalue weighted by Gasteiger charge is 2.16. The molecule has 1 saturated heterocycles. The van der Waals surface area contributed by atoms with Gasteiger partial charge in [-0.2, -0.15) is 5.26 Å². The van der Waals surface area contributed by atoms with Gasteiger partial charge in [-0.25, -0.2) is 4.98 Å². The molecule has 0 spiro atoms. The highest BCUT2D eigenvalue weighted by atomic mass is 16.6. The van der Waals surface area contributed by atoms with Crippen LogP contribution < -0.4 is 5.32 Å². The standard InChI is InChI=1S/C18H17N3O3/c19-10-17-16(5-2-6-20-17)13-3-1-4-14(9-13)18(22)21-11-15-12-23-7-8-24-15/h1-6,9,15H,7-8,11-12H2,(H,21,22). The van der Waals surface area contributed by atoms with Crippen molar-refractivity contribution in [2.24, 2.45) is 0 Å². The van der Waals surface area contributed by atoms with E-state index in [0.29, 0.717) is 43.2 Å². The molecule has 2 heterocycles. The van der Waals surface area contributed by atoms with E-state index in [9.17, 15) is 4.79 Å². The Hall–Kier alpha value is -2.75. The van der Waals surface area contributed by atoms with E-state index >= 15 is 0 Å². The Morgan fingerprint density at radius 3 is 3.04 bits per heavy atom. The molecule has 1 fully saturated rings. The first kappa shape index (κ1) is 16.1. The number of carbonyl (C=O) groups excluding carboxylic acids is 1. The van der Waals surface area contributed by atoms with Gasteiger partial charge in [0.1, 0.15) is 11.8 Å². The van der Waals surface area contributed by atoms with E-state index in [-0.39, 0.29) is 12.0 Å². The third-order valence-electron chi connectivity index (χ3n) is 3.72. The van der Waals surface area contributed by atoms with Crippen molar-refractivity contribution < 1.29 is 14.3 Å². The summed E-state index contributed by atoms with van der Waals surface area (Å²) in [5, 5.41) is 12.0. The van der Waals surface area contributed by atoms with Crippen LogP contribution in [-0.2, 0) is 9.47 Å². The van der Waals surface area contributed by atoms with Gasteiger partial charge in [-0.3, -0.25) is 4.79 Å². The predicted molar refractivity (Wildman–Crippen MR) is 87.3 cm³/mol. The van der Waals surface area contributed by atoms with E-state index < -0.39 is 0 Å². The molecule has 0 bridgehead atoms. The Morgan fingerprint density at radius 1 is 1.33 bits per heavy atom. The fourth-order valence-corrected chi connectivity index (χ4v) is 2.52. The normalized spacial score (nSPS) is 17.0. The van der Waals surface area contributed by atoms with Crippen molar-refractivity contribution in [3.63, 3.8) is 0 Å². The lowest BCUT2D eigenvalue weighted by molar-refractivity contribution is -0.0855. The molecule has 3 rings (SSSR count). The second-order valence-electron chi connectivity index (χ2n) is 5.37. The van der Waals surface area contributed by atoms with Crippen molar-refractivity contribution in [3.8, 4) is 17.2 Å². The molecule has 1 N–H and O–H groups in total. The van der Waals surface area contributed by atoms with Crippen LogP contribution in [0.25, 0.3) is 11.1 Å². The zero-order valence-electron chi connectivity index (χ0n) is 13.1. The number of nitrogens with one attached hydrogen (secondary N) is 1. The average molecular weight is 323 g/mol. The number of hydrogen-bond acceptors (Lipinski definition) is 5. The van der Waals surface area contributed by atoms with Crippen LogP contribution in [0.2, 0.25) is 0 Å². The number of pyridine rings is 1. The van der Waals surface area contributed by atoms with Crippen LogP contribution in [0.3, 0.4) is 0 Å². The van der Waals surface area contributed by atoms with Crippen LogP contribution in [0, 0.1) is 11.3 Å². The summed E-state index contributed by atoms with van der Waals surface area (Å²) >= 11 is 0. The number of amides is 1. The quantitative estimate of drug-likeness (QED) is 0.927. The summed E-state index contributed by atoms with van der Waals surface area (Å²) in [6.07, 6.45) is 1.46. The molecular formula is C18H17N3O3. The van der Waals surface area contributed by atoms with Crippen LogP contribution in [0.1, 0.15) is 16.1 Å². The van der Waals surface area contributed by atoms with Gasteiger partial charge in [0.2, 0.25) is 0 Å². The van der Waals surface area contributed by atoms with Crippen LogP contribution in [0.15, 0.2) is 42.6 Å². The summed E-state index contributed by atoms with van der Waals surface area (Å²) in [6.45, 7) is 2.04. The number of aromatic nitrogens is 1. The smallest absolute Gasteiger partial charge is 0.251 e. The average Bonchev–Trinajstić information content (AvgIpc) is 2.67. The first-order valence-electron chi connectivity index (χ1n) is 7.71. The van der Waals surface area contributed by atoms with Crippen molar-refractivity contribution in [1.82, 2.24) is 10.3 Å². The summed E-state index contributed by atoms with van der Waals surface area (Å²) in [6, 6.07) is 12.8. The number of nitrogens with zero attached hydrogens (tertiary/aromatic N) is 2. The maximum Gasteiger partial charge on any atom is 0.251 e. The van der Waals surface area contributed by atoms with Crippen molar-refractivity contribution in [1.29, 1.82) is 5.26 Å². The summed E-state index contributed by atoms with van der Waals surface area (Å²) in [5.41, 5.74) is 2.35. The number of hydrogen-bond donors (Lipinski definition) is 1. The Morgan fingerprint density at radius 2 is 2.25 bits per heavy atom. The summed E-state index contributed by atoms with van der Waals surface area (Å²) in [4.78, 5) is 16.4. The molecule has 0 saturated carbocycles. The Kier molecular flexibility index (Phi) is 5.16. The molecule has 1 aliphatic heterocycles. The molecule has 1 amide bonds. The van der Waals surface area contributed by atoms with Gasteiger partial charge in [-0.05, 0) is 29.8 Å². The largest absolute Gasteiger partial charge is 0.376 e. The highest BCUT2D eigenvalue weighted by Crippen LogP contribution is 2.22. The van der Waals surface area contributed by atoms with Crippen LogP contribution in [0.4, 0.5) is 0 Å². The molecule has 6 nitrogen and oxygen atoms in total. The molecule has 0 radical (unpaired) electrons. The number of nitriles is 1. The van der Waals surface area contributed by atoms with Gasteiger partial charge in [-0.15, -0.1) is 0 Å². The highest BCUT2D eigenvalue weighted by molar-refractivity contribution is 5.95. The zero-order valence-corrected chi connectivity index (χ0v) is 13.1. The third kappa shape index (κ3) is 3.77. The second kappa shape index (κ2) is 7.68. The van der Waals surface area contributed by atoms with Crippen molar-refractivity contribution in [3.05, 3.63) is 53.9 Å². The molecule has 24 heavy (non-hydrogen) atoms. The number of carbonyl (C=O) groups is 1. The SMILES string of the molecule is N#Cc1ncccc1-c1cccc(C(=O)NCC2COCCO2)c1.